The zero-order valence-electron chi connectivity index (χ0n) is 10.4. The Kier molecular flexibility index (Phi) is 2.81. The van der Waals surface area contributed by atoms with E-state index in [1.54, 1.807) is 0 Å². The van der Waals surface area contributed by atoms with Crippen LogP contribution in [0.25, 0.3) is 0 Å². The van der Waals surface area contributed by atoms with Crippen molar-refractivity contribution < 1.29 is 25.8 Å². The number of nitrogens with zero attached hydrogens (tertiary/aromatic N) is 2. The molecule has 0 spiro atoms. The van der Waals surface area contributed by atoms with Gasteiger partial charge in [-0.3, -0.25) is 0 Å². The topological polar surface area (TPSA) is 73.2 Å². The fourth-order valence-corrected chi connectivity index (χ4v) is 3.25. The molecular weight excluding hydrogens is 299 g/mol. The maximum atomic E-state index is 12.4. The van der Waals surface area contributed by atoms with Gasteiger partial charge in [0, 0.05) is 18.7 Å². The fraction of sp³-hybridized carbons (Fsp3) is 0.700. The monoisotopic (exact) mass is 311 g/mol. The van der Waals surface area contributed by atoms with Crippen LogP contribution in [0.4, 0.5) is 13.2 Å². The van der Waals surface area contributed by atoms with Crippen LogP contribution in [0.15, 0.2) is 0 Å². The van der Waals surface area contributed by atoms with Crippen molar-refractivity contribution in [3.05, 3.63) is 11.3 Å². The first-order valence-electron chi connectivity index (χ1n) is 6.01. The van der Waals surface area contributed by atoms with E-state index in [1.165, 1.54) is 7.05 Å². The van der Waals surface area contributed by atoms with Crippen LogP contribution in [0.2, 0.25) is 0 Å². The van der Waals surface area contributed by atoms with Crippen LogP contribution in [0, 0.1) is 0 Å². The number of hydrogen-bond acceptors (Lipinski definition) is 5. The second-order valence-electron chi connectivity index (χ2n) is 4.97. The molecule has 10 heteroatoms. The Bertz CT molecular complexity index is 653. The van der Waals surface area contributed by atoms with Crippen molar-refractivity contribution in [3.8, 4) is 5.88 Å². The molecular formula is C10H12F3N3O3S. The van der Waals surface area contributed by atoms with E-state index in [-0.39, 0.29) is 18.0 Å². The van der Waals surface area contributed by atoms with Crippen molar-refractivity contribution in [1.29, 1.82) is 0 Å². The third-order valence-electron chi connectivity index (χ3n) is 3.61. The van der Waals surface area contributed by atoms with Crippen LogP contribution < -0.4 is 9.50 Å². The number of aryl methyl sites for hydroxylation is 1. The van der Waals surface area contributed by atoms with Crippen molar-refractivity contribution in [2.75, 3.05) is 0 Å². The van der Waals surface area contributed by atoms with Gasteiger partial charge in [-0.25, -0.2) is 4.68 Å². The summed E-state index contributed by atoms with van der Waals surface area (Å²) in [5, 5.41) is 7.37. The second-order valence-corrected chi connectivity index (χ2v) is 6.51. The molecule has 3 rings (SSSR count). The van der Waals surface area contributed by atoms with Gasteiger partial charge in [0.05, 0.1) is 11.7 Å². The lowest BCUT2D eigenvalue weighted by atomic mass is 10.0. The minimum absolute atomic E-state index is 0.0408. The Balaban J connectivity index is 2.01. The summed E-state index contributed by atoms with van der Waals surface area (Å²) in [7, 11) is -4.30. The maximum Gasteiger partial charge on any atom is 0.534 e. The van der Waals surface area contributed by atoms with E-state index in [0.717, 1.165) is 17.5 Å². The van der Waals surface area contributed by atoms with E-state index < -0.39 is 15.6 Å². The highest BCUT2D eigenvalue weighted by Crippen LogP contribution is 2.40. The van der Waals surface area contributed by atoms with Gasteiger partial charge in [-0.2, -0.15) is 26.7 Å². The summed E-state index contributed by atoms with van der Waals surface area (Å²) in [6, 6.07) is 0.0912. The molecule has 20 heavy (non-hydrogen) atoms. The zero-order valence-corrected chi connectivity index (χ0v) is 11.3. The van der Waals surface area contributed by atoms with Gasteiger partial charge in [-0.05, 0) is 19.3 Å². The van der Waals surface area contributed by atoms with Crippen LogP contribution in [0.5, 0.6) is 5.88 Å². The van der Waals surface area contributed by atoms with E-state index in [1.807, 2.05) is 0 Å². The Morgan fingerprint density at radius 1 is 1.40 bits per heavy atom. The molecule has 2 bridgehead atoms. The summed E-state index contributed by atoms with van der Waals surface area (Å²) in [4.78, 5) is 0. The lowest BCUT2D eigenvalue weighted by Crippen LogP contribution is -2.32. The van der Waals surface area contributed by atoms with Gasteiger partial charge in [0.2, 0.25) is 5.88 Å². The third-order valence-corrected chi connectivity index (χ3v) is 4.56. The lowest BCUT2D eigenvalue weighted by molar-refractivity contribution is -0.0502. The summed E-state index contributed by atoms with van der Waals surface area (Å²) >= 11 is 0. The van der Waals surface area contributed by atoms with E-state index in [4.69, 9.17) is 0 Å². The zero-order chi connectivity index (χ0) is 14.7. The van der Waals surface area contributed by atoms with Gasteiger partial charge >= 0.3 is 15.6 Å². The van der Waals surface area contributed by atoms with Crippen molar-refractivity contribution in [2.45, 2.75) is 36.9 Å². The Hall–Kier alpha value is -1.29. The largest absolute Gasteiger partial charge is 0.534 e. The predicted molar refractivity (Wildman–Crippen MR) is 61.4 cm³/mol. The van der Waals surface area contributed by atoms with Gasteiger partial charge in [0.15, 0.2) is 0 Å². The number of rotatable bonds is 2. The SMILES string of the molecule is Cn1nc2c(c1OS(=O)(=O)C(F)(F)F)C[C@H]1CC[C@@H]2N1. The average molecular weight is 311 g/mol. The highest BCUT2D eigenvalue weighted by atomic mass is 32.2. The summed E-state index contributed by atoms with van der Waals surface area (Å²) in [6.45, 7) is 0. The highest BCUT2D eigenvalue weighted by molar-refractivity contribution is 7.87. The number of halogens is 3. The molecule has 0 saturated carbocycles. The number of hydrogen-bond donors (Lipinski definition) is 1. The molecule has 1 saturated heterocycles. The van der Waals surface area contributed by atoms with Gasteiger partial charge in [0.25, 0.3) is 0 Å². The summed E-state index contributed by atoms with van der Waals surface area (Å²) < 4.78 is 64.8. The van der Waals surface area contributed by atoms with Gasteiger partial charge in [-0.15, -0.1) is 0 Å². The summed E-state index contributed by atoms with van der Waals surface area (Å²) in [5.41, 5.74) is -4.42. The molecule has 2 aliphatic rings. The quantitative estimate of drug-likeness (QED) is 0.651. The van der Waals surface area contributed by atoms with Gasteiger partial charge in [-0.1, -0.05) is 0 Å². The molecule has 0 amide bonds. The van der Waals surface area contributed by atoms with Crippen LogP contribution in [-0.2, 0) is 23.6 Å². The molecule has 112 valence electrons. The summed E-state index contributed by atoms with van der Waals surface area (Å²) in [6.07, 6.45) is 2.14. The van der Waals surface area contributed by atoms with E-state index in [2.05, 4.69) is 14.6 Å². The Morgan fingerprint density at radius 2 is 2.10 bits per heavy atom. The smallest absolute Gasteiger partial charge is 0.355 e. The minimum atomic E-state index is -5.67. The number of alkyl halides is 3. The Morgan fingerprint density at radius 3 is 2.75 bits per heavy atom. The standard InChI is InChI=1S/C10H12F3N3O3S/c1-16-9(19-20(17,18)10(11,12)13)6-4-5-2-3-7(14-5)8(6)15-16/h5,7,14H,2-4H2,1H3/t5-,7+/m1/s1. The maximum absolute atomic E-state index is 12.4. The highest BCUT2D eigenvalue weighted by Gasteiger charge is 2.50. The van der Waals surface area contributed by atoms with Crippen molar-refractivity contribution in [2.24, 2.45) is 7.05 Å². The van der Waals surface area contributed by atoms with Crippen molar-refractivity contribution in [1.82, 2.24) is 15.1 Å². The van der Waals surface area contributed by atoms with Crippen molar-refractivity contribution >= 4 is 10.1 Å². The number of fused-ring (bicyclic) bond motifs is 4. The fourth-order valence-electron chi connectivity index (χ4n) is 2.74. The van der Waals surface area contributed by atoms with Crippen LogP contribution in [-0.4, -0.2) is 29.7 Å². The third kappa shape index (κ3) is 1.97. The van der Waals surface area contributed by atoms with Gasteiger partial charge in [0.1, 0.15) is 0 Å². The Labute approximate surface area is 113 Å². The first-order chi connectivity index (χ1) is 9.19. The predicted octanol–water partition coefficient (Wildman–Crippen LogP) is 0.998. The molecule has 1 fully saturated rings. The van der Waals surface area contributed by atoms with Gasteiger partial charge < -0.3 is 9.50 Å². The molecule has 2 aliphatic heterocycles. The molecule has 3 heterocycles. The lowest BCUT2D eigenvalue weighted by Gasteiger charge is -2.20. The molecule has 1 aromatic rings. The van der Waals surface area contributed by atoms with Crippen LogP contribution in [0.1, 0.15) is 30.1 Å². The number of aromatic nitrogens is 2. The number of nitrogens with one attached hydrogen (secondary N) is 1. The van der Waals surface area contributed by atoms with Crippen LogP contribution >= 0.6 is 0 Å². The molecule has 1 N–H and O–H groups in total. The second kappa shape index (κ2) is 4.10. The van der Waals surface area contributed by atoms with E-state index in [0.29, 0.717) is 17.7 Å². The van der Waals surface area contributed by atoms with Crippen LogP contribution in [0.3, 0.4) is 0 Å². The molecule has 0 aromatic carbocycles. The van der Waals surface area contributed by atoms with E-state index >= 15 is 0 Å². The molecule has 0 unspecified atom stereocenters. The minimum Gasteiger partial charge on any atom is -0.355 e. The molecule has 0 aliphatic carbocycles. The average Bonchev–Trinajstić information content (AvgIpc) is 2.84. The summed E-state index contributed by atoms with van der Waals surface area (Å²) in [5.74, 6) is -0.337. The first-order valence-corrected chi connectivity index (χ1v) is 7.42. The first kappa shape index (κ1) is 13.7. The normalized spacial score (nSPS) is 25.6. The molecule has 1 aromatic heterocycles. The van der Waals surface area contributed by atoms with Crippen molar-refractivity contribution in [3.63, 3.8) is 0 Å². The molecule has 0 radical (unpaired) electrons. The molecule has 2 atom stereocenters. The molecule has 6 nitrogen and oxygen atoms in total. The van der Waals surface area contributed by atoms with E-state index in [9.17, 15) is 21.6 Å².